The highest BCUT2D eigenvalue weighted by Gasteiger charge is 2.24. The molecule has 6 nitrogen and oxygen atoms in total. The Hall–Kier alpha value is -1.43. The zero-order chi connectivity index (χ0) is 12.1. The van der Waals surface area contributed by atoms with E-state index in [-0.39, 0.29) is 18.1 Å². The second-order valence-electron chi connectivity index (χ2n) is 4.44. The van der Waals surface area contributed by atoms with Crippen LogP contribution in [0.15, 0.2) is 12.4 Å². The predicted molar refractivity (Wildman–Crippen MR) is 61.0 cm³/mol. The predicted octanol–water partition coefficient (Wildman–Crippen LogP) is 0.0879. The second-order valence-corrected chi connectivity index (χ2v) is 4.44. The summed E-state index contributed by atoms with van der Waals surface area (Å²) in [4.78, 5) is 11.7. The first-order chi connectivity index (χ1) is 8.25. The van der Waals surface area contributed by atoms with Gasteiger partial charge in [-0.05, 0) is 12.8 Å². The van der Waals surface area contributed by atoms with Crippen molar-refractivity contribution < 1.29 is 9.90 Å². The zero-order valence-electron chi connectivity index (χ0n) is 9.75. The Morgan fingerprint density at radius 2 is 2.29 bits per heavy atom. The molecular formula is C11H18N4O2. The third-order valence-electron chi connectivity index (χ3n) is 3.12. The fraction of sp³-hybridized carbons (Fsp3) is 0.727. The maximum absolute atomic E-state index is 11.7. The van der Waals surface area contributed by atoms with E-state index < -0.39 is 0 Å². The van der Waals surface area contributed by atoms with Crippen molar-refractivity contribution in [3.05, 3.63) is 12.4 Å². The number of carbonyl (C=O) groups excluding carboxylic acids is 1. The molecule has 1 fully saturated rings. The summed E-state index contributed by atoms with van der Waals surface area (Å²) >= 11 is 0. The molecule has 1 aromatic rings. The Morgan fingerprint density at radius 1 is 1.47 bits per heavy atom. The molecule has 0 bridgehead atoms. The average Bonchev–Trinajstić information content (AvgIpc) is 2.82. The van der Waals surface area contributed by atoms with Crippen molar-refractivity contribution in [3.63, 3.8) is 0 Å². The highest BCUT2D eigenvalue weighted by atomic mass is 16.3. The third-order valence-corrected chi connectivity index (χ3v) is 3.12. The van der Waals surface area contributed by atoms with E-state index in [1.807, 2.05) is 0 Å². The average molecular weight is 238 g/mol. The van der Waals surface area contributed by atoms with Crippen molar-refractivity contribution in [3.8, 4) is 0 Å². The molecule has 2 rings (SSSR count). The van der Waals surface area contributed by atoms with Gasteiger partial charge in [0.1, 0.15) is 0 Å². The smallest absolute Gasteiger partial charge is 0.222 e. The van der Waals surface area contributed by atoms with E-state index in [4.69, 9.17) is 0 Å². The second kappa shape index (κ2) is 5.77. The van der Waals surface area contributed by atoms with Crippen molar-refractivity contribution in [2.24, 2.45) is 0 Å². The molecule has 0 spiro atoms. The lowest BCUT2D eigenvalue weighted by Gasteiger charge is -2.28. The van der Waals surface area contributed by atoms with Crippen LogP contribution in [0, 0.1) is 0 Å². The number of hydrogen-bond donors (Lipinski definition) is 2. The van der Waals surface area contributed by atoms with E-state index in [0.29, 0.717) is 13.0 Å². The Labute approximate surface area is 100 Å². The van der Waals surface area contributed by atoms with Gasteiger partial charge in [-0.25, -0.2) is 0 Å². The summed E-state index contributed by atoms with van der Waals surface area (Å²) in [5.41, 5.74) is 0. The van der Waals surface area contributed by atoms with Crippen LogP contribution in [0.1, 0.15) is 32.1 Å². The summed E-state index contributed by atoms with van der Waals surface area (Å²) < 4.78 is 1.62. The van der Waals surface area contributed by atoms with Crippen LogP contribution in [0.2, 0.25) is 0 Å². The fourth-order valence-electron chi connectivity index (χ4n) is 2.13. The molecule has 2 unspecified atom stereocenters. The van der Waals surface area contributed by atoms with Gasteiger partial charge in [-0.2, -0.15) is 0 Å². The van der Waals surface area contributed by atoms with E-state index in [1.165, 1.54) is 0 Å². The number of aryl methyl sites for hydroxylation is 1. The lowest BCUT2D eigenvalue weighted by molar-refractivity contribution is -0.123. The summed E-state index contributed by atoms with van der Waals surface area (Å²) in [6.07, 6.45) is 7.07. The number of aromatic nitrogens is 3. The molecule has 1 aliphatic rings. The number of rotatable bonds is 4. The quantitative estimate of drug-likeness (QED) is 0.779. The van der Waals surface area contributed by atoms with Gasteiger partial charge in [0, 0.05) is 12.6 Å². The summed E-state index contributed by atoms with van der Waals surface area (Å²) in [6, 6.07) is -0.0769. The lowest BCUT2D eigenvalue weighted by atomic mass is 9.92. The fourth-order valence-corrected chi connectivity index (χ4v) is 2.13. The summed E-state index contributed by atoms with van der Waals surface area (Å²) in [6.45, 7) is 0.522. The Balaban J connectivity index is 1.73. The molecular weight excluding hydrogens is 220 g/mol. The van der Waals surface area contributed by atoms with Crippen molar-refractivity contribution in [2.45, 2.75) is 50.8 Å². The van der Waals surface area contributed by atoms with E-state index >= 15 is 0 Å². The molecule has 2 N–H and O–H groups in total. The molecule has 94 valence electrons. The van der Waals surface area contributed by atoms with E-state index in [0.717, 1.165) is 25.7 Å². The molecule has 17 heavy (non-hydrogen) atoms. The molecule has 6 heteroatoms. The van der Waals surface area contributed by atoms with Crippen LogP contribution in [0.4, 0.5) is 0 Å². The van der Waals surface area contributed by atoms with E-state index in [2.05, 4.69) is 15.6 Å². The molecule has 1 aliphatic carbocycles. The van der Waals surface area contributed by atoms with Crippen LogP contribution in [0.5, 0.6) is 0 Å². The summed E-state index contributed by atoms with van der Waals surface area (Å²) in [7, 11) is 0. The molecule has 0 aromatic carbocycles. The molecule has 0 aliphatic heterocycles. The van der Waals surface area contributed by atoms with E-state index in [1.54, 1.807) is 17.1 Å². The number of hydrogen-bond acceptors (Lipinski definition) is 4. The van der Waals surface area contributed by atoms with Gasteiger partial charge in [-0.3, -0.25) is 9.48 Å². The van der Waals surface area contributed by atoms with Crippen LogP contribution in [0.3, 0.4) is 0 Å². The zero-order valence-corrected chi connectivity index (χ0v) is 9.75. The molecule has 2 atom stereocenters. The minimum absolute atomic E-state index is 0.0357. The molecule has 1 saturated carbocycles. The van der Waals surface area contributed by atoms with Gasteiger partial charge >= 0.3 is 0 Å². The highest BCUT2D eigenvalue weighted by Crippen LogP contribution is 2.18. The van der Waals surface area contributed by atoms with Crippen LogP contribution in [0.25, 0.3) is 0 Å². The number of nitrogens with one attached hydrogen (secondary N) is 1. The topological polar surface area (TPSA) is 80.0 Å². The van der Waals surface area contributed by atoms with Crippen molar-refractivity contribution >= 4 is 5.91 Å². The minimum atomic E-state index is -0.390. The normalized spacial score (nSPS) is 24.5. The number of carbonyl (C=O) groups is 1. The van der Waals surface area contributed by atoms with Gasteiger partial charge in [0.2, 0.25) is 5.91 Å². The first-order valence-corrected chi connectivity index (χ1v) is 6.07. The first kappa shape index (κ1) is 12.0. The largest absolute Gasteiger partial charge is 0.391 e. The van der Waals surface area contributed by atoms with Crippen LogP contribution >= 0.6 is 0 Å². The molecule has 1 heterocycles. The van der Waals surface area contributed by atoms with Crippen molar-refractivity contribution in [2.75, 3.05) is 0 Å². The number of aliphatic hydroxyl groups excluding tert-OH is 1. The SMILES string of the molecule is O=C(CCn1ccnn1)NC1CCCCC1O. The van der Waals surface area contributed by atoms with Crippen LogP contribution in [-0.2, 0) is 11.3 Å². The van der Waals surface area contributed by atoms with Crippen molar-refractivity contribution in [1.82, 2.24) is 20.3 Å². The lowest BCUT2D eigenvalue weighted by Crippen LogP contribution is -2.45. The Bertz CT molecular complexity index is 352. The summed E-state index contributed by atoms with van der Waals surface area (Å²) in [5.74, 6) is -0.0357. The van der Waals surface area contributed by atoms with E-state index in [9.17, 15) is 9.90 Å². The highest BCUT2D eigenvalue weighted by molar-refractivity contribution is 5.76. The maximum atomic E-state index is 11.7. The molecule has 1 aromatic heterocycles. The van der Waals surface area contributed by atoms with Crippen LogP contribution < -0.4 is 5.32 Å². The van der Waals surface area contributed by atoms with Crippen LogP contribution in [-0.4, -0.2) is 38.2 Å². The summed E-state index contributed by atoms with van der Waals surface area (Å²) in [5, 5.41) is 20.1. The van der Waals surface area contributed by atoms with Crippen molar-refractivity contribution in [1.29, 1.82) is 0 Å². The third kappa shape index (κ3) is 3.52. The minimum Gasteiger partial charge on any atom is -0.391 e. The van der Waals surface area contributed by atoms with Gasteiger partial charge in [0.25, 0.3) is 0 Å². The Morgan fingerprint density at radius 3 is 3.00 bits per heavy atom. The maximum Gasteiger partial charge on any atom is 0.222 e. The number of amides is 1. The first-order valence-electron chi connectivity index (χ1n) is 6.07. The number of aliphatic hydroxyl groups is 1. The molecule has 0 saturated heterocycles. The van der Waals surface area contributed by atoms with Gasteiger partial charge in [-0.1, -0.05) is 18.1 Å². The Kier molecular flexibility index (Phi) is 4.08. The molecule has 1 amide bonds. The van der Waals surface area contributed by atoms with Gasteiger partial charge < -0.3 is 10.4 Å². The number of nitrogens with zero attached hydrogens (tertiary/aromatic N) is 3. The monoisotopic (exact) mass is 238 g/mol. The van der Waals surface area contributed by atoms with Gasteiger partial charge in [0.15, 0.2) is 0 Å². The molecule has 0 radical (unpaired) electrons. The van der Waals surface area contributed by atoms with Gasteiger partial charge in [-0.15, -0.1) is 5.10 Å². The van der Waals surface area contributed by atoms with Gasteiger partial charge in [0.05, 0.1) is 24.9 Å². The standard InChI is InChI=1S/C11H18N4O2/c16-10-4-2-1-3-9(10)13-11(17)5-7-15-8-6-12-14-15/h6,8-10,16H,1-5,7H2,(H,13,17).